The van der Waals surface area contributed by atoms with Crippen molar-refractivity contribution >= 4 is 11.9 Å². The van der Waals surface area contributed by atoms with Gasteiger partial charge in [0.25, 0.3) is 0 Å². The second kappa shape index (κ2) is 7.04. The number of halogens is 1. The zero-order valence-electron chi connectivity index (χ0n) is 16.2. The van der Waals surface area contributed by atoms with Crippen LogP contribution in [0.4, 0.5) is 10.2 Å². The van der Waals surface area contributed by atoms with Crippen molar-refractivity contribution in [2.45, 2.75) is 24.8 Å². The summed E-state index contributed by atoms with van der Waals surface area (Å²) in [6.07, 6.45) is 7.72. The summed E-state index contributed by atoms with van der Waals surface area (Å²) >= 11 is 0. The van der Waals surface area contributed by atoms with Crippen molar-refractivity contribution in [1.82, 2.24) is 19.4 Å². The molecule has 7 nitrogen and oxygen atoms in total. The Kier molecular flexibility index (Phi) is 4.35. The Labute approximate surface area is 168 Å². The van der Waals surface area contributed by atoms with Crippen LogP contribution in [0.1, 0.15) is 41.9 Å². The lowest BCUT2D eigenvalue weighted by Gasteiger charge is -2.27. The van der Waals surface area contributed by atoms with E-state index in [1.165, 1.54) is 17.8 Å². The molecule has 150 valence electrons. The summed E-state index contributed by atoms with van der Waals surface area (Å²) in [6.45, 7) is 1.49. The Morgan fingerprint density at radius 1 is 1.21 bits per heavy atom. The molecule has 0 radical (unpaired) electrons. The van der Waals surface area contributed by atoms with Gasteiger partial charge in [0.05, 0.1) is 17.9 Å². The zero-order chi connectivity index (χ0) is 20.0. The molecule has 2 aliphatic heterocycles. The van der Waals surface area contributed by atoms with Crippen molar-refractivity contribution in [3.8, 4) is 11.3 Å². The molecule has 0 aliphatic carbocycles. The zero-order valence-corrected chi connectivity index (χ0v) is 16.2. The number of aromatic nitrogens is 4. The molecule has 0 bridgehead atoms. The van der Waals surface area contributed by atoms with Crippen LogP contribution >= 0.6 is 0 Å². The van der Waals surface area contributed by atoms with Crippen molar-refractivity contribution in [3.63, 3.8) is 0 Å². The number of fused-ring (bicyclic) bond motifs is 1. The van der Waals surface area contributed by atoms with E-state index in [1.54, 1.807) is 18.3 Å². The van der Waals surface area contributed by atoms with Crippen LogP contribution < -0.4 is 11.2 Å². The molecule has 1 atom stereocenters. The normalized spacial score (nSPS) is 19.2. The second-order valence-corrected chi connectivity index (χ2v) is 7.52. The number of hydrogen-bond donors (Lipinski definition) is 2. The van der Waals surface area contributed by atoms with Crippen molar-refractivity contribution < 1.29 is 9.13 Å². The molecule has 3 aromatic rings. The van der Waals surface area contributed by atoms with Gasteiger partial charge in [-0.05, 0) is 43.2 Å². The molecule has 1 aromatic carbocycles. The molecule has 0 saturated carbocycles. The highest BCUT2D eigenvalue weighted by Gasteiger charge is 2.31. The number of nitrogen functional groups attached to an aromatic ring is 1. The van der Waals surface area contributed by atoms with Gasteiger partial charge in [0.15, 0.2) is 5.82 Å². The molecule has 0 spiro atoms. The third-order valence-electron chi connectivity index (χ3n) is 5.63. The molecule has 2 aromatic heterocycles. The van der Waals surface area contributed by atoms with E-state index in [9.17, 15) is 4.39 Å². The van der Waals surface area contributed by atoms with Gasteiger partial charge in [-0.3, -0.25) is 4.68 Å². The molecule has 8 heteroatoms. The van der Waals surface area contributed by atoms with Gasteiger partial charge >= 0.3 is 0 Å². The fourth-order valence-corrected chi connectivity index (χ4v) is 4.31. The molecule has 0 amide bonds. The van der Waals surface area contributed by atoms with E-state index in [4.69, 9.17) is 15.6 Å². The molecule has 5 rings (SSSR count). The Morgan fingerprint density at radius 2 is 1.97 bits per heavy atom. The van der Waals surface area contributed by atoms with Gasteiger partial charge in [0.2, 0.25) is 0 Å². The Hall–Kier alpha value is -3.13. The van der Waals surface area contributed by atoms with Crippen LogP contribution in [0.5, 0.6) is 0 Å². The molecule has 1 unspecified atom stereocenters. The Morgan fingerprint density at radius 3 is 2.72 bits per heavy atom. The van der Waals surface area contributed by atoms with Gasteiger partial charge in [0, 0.05) is 43.0 Å². The summed E-state index contributed by atoms with van der Waals surface area (Å²) in [5.74, 6) is 1.32. The summed E-state index contributed by atoms with van der Waals surface area (Å²) < 4.78 is 22.9. The number of ether oxygens (including phenoxy) is 1. The second-order valence-electron chi connectivity index (χ2n) is 7.52. The molecule has 1 fully saturated rings. The van der Waals surface area contributed by atoms with Gasteiger partial charge in [-0.15, -0.1) is 0 Å². The molecule has 2 aliphatic rings. The monoisotopic (exact) mass is 394 g/mol. The average molecular weight is 394 g/mol. The predicted molar refractivity (Wildman–Crippen MR) is 109 cm³/mol. The highest BCUT2D eigenvalue weighted by atomic mass is 19.1. The van der Waals surface area contributed by atoms with Crippen molar-refractivity contribution in [3.05, 3.63) is 59.4 Å². The van der Waals surface area contributed by atoms with Gasteiger partial charge in [-0.2, -0.15) is 5.10 Å². The molecular formula is C21H23FN6O. The number of nitrogens with one attached hydrogen (secondary N) is 1. The topological polar surface area (TPSA) is 82.9 Å². The number of imidazole rings is 1. The van der Waals surface area contributed by atoms with Crippen molar-refractivity contribution in [1.29, 1.82) is 0 Å². The number of nitrogens with two attached hydrogens (primary N) is 1. The Bertz CT molecular complexity index is 1060. The average Bonchev–Trinajstić information content (AvgIpc) is 3.27. The maximum Gasteiger partial charge on any atom is 0.153 e. The van der Waals surface area contributed by atoms with E-state index in [2.05, 4.69) is 16.5 Å². The quantitative estimate of drug-likeness (QED) is 0.713. The molecule has 1 saturated heterocycles. The van der Waals surface area contributed by atoms with Crippen LogP contribution in [-0.4, -0.2) is 32.7 Å². The van der Waals surface area contributed by atoms with E-state index >= 15 is 0 Å². The maximum atomic E-state index is 13.5. The molecule has 4 heterocycles. The minimum atomic E-state index is -0.259. The number of nitrogens with zero attached hydrogens (tertiary/aromatic N) is 4. The summed E-state index contributed by atoms with van der Waals surface area (Å²) in [7, 11) is 1.98. The van der Waals surface area contributed by atoms with Gasteiger partial charge in [-0.25, -0.2) is 14.1 Å². The fourth-order valence-electron chi connectivity index (χ4n) is 4.31. The van der Waals surface area contributed by atoms with Crippen LogP contribution in [0.2, 0.25) is 0 Å². The lowest BCUT2D eigenvalue weighted by Crippen LogP contribution is -2.26. The lowest BCUT2D eigenvalue weighted by molar-refractivity contribution is 0.0835. The van der Waals surface area contributed by atoms with Crippen LogP contribution in [-0.2, 0) is 11.8 Å². The smallest absolute Gasteiger partial charge is 0.153 e. The van der Waals surface area contributed by atoms with E-state index in [0.29, 0.717) is 11.7 Å². The maximum absolute atomic E-state index is 13.5. The first-order chi connectivity index (χ1) is 14.1. The number of aryl methyl sites for hydroxylation is 1. The number of anilines is 1. The standard InChI is InChI=1S/C21H23FN6O/c1-27-21(14-8-10-29-11-9-14)19(20(26-27)13-2-4-15(22)5-3-13)16-6-7-18-24-17(23)12-28(18)25-16/h2-7,12,14,16,25H,8-11,23H2,1H3. The van der Waals surface area contributed by atoms with Crippen LogP contribution in [0.3, 0.4) is 0 Å². The third-order valence-corrected chi connectivity index (χ3v) is 5.63. The van der Waals surface area contributed by atoms with Gasteiger partial charge < -0.3 is 15.9 Å². The first-order valence-electron chi connectivity index (χ1n) is 9.80. The Balaban J connectivity index is 1.63. The molecular weight excluding hydrogens is 371 g/mol. The summed E-state index contributed by atoms with van der Waals surface area (Å²) in [5, 5.41) is 4.85. The number of hydrogen-bond acceptors (Lipinski definition) is 5. The lowest BCUT2D eigenvalue weighted by atomic mass is 9.88. The minimum absolute atomic E-state index is 0.109. The van der Waals surface area contributed by atoms with Gasteiger partial charge in [-0.1, -0.05) is 6.08 Å². The predicted octanol–water partition coefficient (Wildman–Crippen LogP) is 3.21. The first kappa shape index (κ1) is 17.9. The van der Waals surface area contributed by atoms with Crippen LogP contribution in [0, 0.1) is 5.82 Å². The molecule has 3 N–H and O–H groups in total. The molecule has 29 heavy (non-hydrogen) atoms. The van der Waals surface area contributed by atoms with Gasteiger partial charge in [0.1, 0.15) is 11.6 Å². The third kappa shape index (κ3) is 3.19. The van der Waals surface area contributed by atoms with Crippen molar-refractivity contribution in [2.75, 3.05) is 24.4 Å². The minimum Gasteiger partial charge on any atom is -0.382 e. The highest BCUT2D eigenvalue weighted by Crippen LogP contribution is 2.39. The van der Waals surface area contributed by atoms with E-state index in [1.807, 2.05) is 22.5 Å². The highest BCUT2D eigenvalue weighted by molar-refractivity contribution is 5.67. The summed E-state index contributed by atoms with van der Waals surface area (Å²) in [5.41, 5.74) is 13.4. The largest absolute Gasteiger partial charge is 0.382 e. The van der Waals surface area contributed by atoms with Crippen LogP contribution in [0.25, 0.3) is 17.3 Å². The van der Waals surface area contributed by atoms with E-state index in [0.717, 1.165) is 48.7 Å². The number of benzene rings is 1. The SMILES string of the molecule is Cn1nc(-c2ccc(F)cc2)c(C2C=Cc3nc(N)cn3N2)c1C1CCOCC1. The van der Waals surface area contributed by atoms with E-state index < -0.39 is 0 Å². The van der Waals surface area contributed by atoms with E-state index in [-0.39, 0.29) is 11.9 Å². The van der Waals surface area contributed by atoms with Crippen LogP contribution in [0.15, 0.2) is 36.5 Å². The summed E-state index contributed by atoms with van der Waals surface area (Å²) in [6, 6.07) is 6.40. The fraction of sp³-hybridized carbons (Fsp3) is 0.333. The number of rotatable bonds is 3. The first-order valence-corrected chi connectivity index (χ1v) is 9.80. The van der Waals surface area contributed by atoms with Crippen molar-refractivity contribution in [2.24, 2.45) is 7.05 Å². The summed E-state index contributed by atoms with van der Waals surface area (Å²) in [4.78, 5) is 4.30.